The Morgan fingerprint density at radius 1 is 1.19 bits per heavy atom. The molecule has 0 amide bonds. The largest absolute Gasteiger partial charge is 1.00 e. The Balaban J connectivity index is -0.000000138. The molecule has 2 N–H and O–H groups in total. The van der Waals surface area contributed by atoms with Gasteiger partial charge in [0.05, 0.1) is 43.4 Å². The van der Waals surface area contributed by atoms with Crippen LogP contribution in [-0.2, 0) is 19.3 Å². The maximum absolute atomic E-state index is 10.7. The average molecular weight is 464 g/mol. The summed E-state index contributed by atoms with van der Waals surface area (Å²) in [4.78, 5) is 10.2. The van der Waals surface area contributed by atoms with Crippen LogP contribution in [0.2, 0.25) is 0 Å². The van der Waals surface area contributed by atoms with Gasteiger partial charge < -0.3 is 28.9 Å². The fourth-order valence-electron chi connectivity index (χ4n) is 0.943. The van der Waals surface area contributed by atoms with Crippen LogP contribution in [-0.4, -0.2) is 76.7 Å². The van der Waals surface area contributed by atoms with Crippen molar-refractivity contribution in [2.75, 3.05) is 34.3 Å². The zero-order chi connectivity index (χ0) is 19.6. The van der Waals surface area contributed by atoms with Gasteiger partial charge in [-0.2, -0.15) is 0 Å². The van der Waals surface area contributed by atoms with E-state index in [0.717, 1.165) is 11.0 Å². The topological polar surface area (TPSA) is 178 Å². The number of hydrogen-bond donors (Lipinski definition) is 2. The van der Waals surface area contributed by atoms with Crippen molar-refractivity contribution in [1.29, 1.82) is 0 Å². The van der Waals surface area contributed by atoms with E-state index in [2.05, 4.69) is 21.1 Å². The fourth-order valence-corrected chi connectivity index (χ4v) is 0.943. The summed E-state index contributed by atoms with van der Waals surface area (Å²) in [5.74, 6) is -1.62. The second kappa shape index (κ2) is 17.6. The van der Waals surface area contributed by atoms with Gasteiger partial charge in [-0.15, -0.1) is 0 Å². The summed E-state index contributed by atoms with van der Waals surface area (Å²) >= 11 is 0. The van der Waals surface area contributed by atoms with Crippen molar-refractivity contribution in [3.8, 4) is 5.75 Å². The van der Waals surface area contributed by atoms with Crippen LogP contribution < -0.4 is 108 Å². The second-order valence-electron chi connectivity index (χ2n) is 5.15. The van der Waals surface area contributed by atoms with E-state index in [1.165, 1.54) is 24.3 Å². The summed E-state index contributed by atoms with van der Waals surface area (Å²) in [5.41, 5.74) is -0.178. The van der Waals surface area contributed by atoms with Gasteiger partial charge in [0.2, 0.25) is 0 Å². The van der Waals surface area contributed by atoms with Gasteiger partial charge in [0.25, 0.3) is 0 Å². The van der Waals surface area contributed by atoms with E-state index < -0.39 is 31.0 Å². The summed E-state index contributed by atoms with van der Waals surface area (Å²) < 4.78 is 46.6. The molecule has 1 aromatic carbocycles. The van der Waals surface area contributed by atoms with Gasteiger partial charge in [0, 0.05) is 0 Å². The Labute approximate surface area is 239 Å². The maximum Gasteiger partial charge on any atom is 1.00 e. The van der Waals surface area contributed by atoms with Crippen molar-refractivity contribution >= 4 is 25.2 Å². The molecule has 0 bridgehead atoms. The van der Waals surface area contributed by atoms with E-state index in [-0.39, 0.29) is 115 Å². The van der Waals surface area contributed by atoms with Crippen LogP contribution in [0.4, 0.5) is 0 Å². The summed E-state index contributed by atoms with van der Waals surface area (Å²) in [7, 11) is -2.43. The Morgan fingerprint density at radius 2 is 1.58 bits per heavy atom. The number of likely N-dealkylation sites (N-methyl/N-ethyl adjacent to an activating group) is 1. The third kappa shape index (κ3) is 22.0. The normalized spacial score (nSPS) is 11.2. The average Bonchev–Trinajstić information content (AvgIpc) is 2.37. The summed E-state index contributed by atoms with van der Waals surface area (Å²) in [6.45, 7) is 1.11. The molecule has 140 valence electrons. The standard InChI is InChI=1S/C7H6O3.C5H14NO.2K.H2O5S2/c8-6-4-2-1-3-5(6)7(9)10;1-6(2,3)4-5-7;;;1-6(2)7(3,4)5/h1-4,8H,(H,9,10);7H,4-5H2,1-3H3;;;(H,1,2)(H,3,4,5)/q;3*+1;/p-3. The molecule has 10 nitrogen and oxygen atoms in total. The van der Waals surface area contributed by atoms with E-state index in [1.54, 1.807) is 0 Å². The van der Waals surface area contributed by atoms with Gasteiger partial charge in [-0.25, -0.2) is 13.2 Å². The number of carboxylic acid groups (broad SMARTS) is 1. The Bertz CT molecular complexity index is 648. The molecule has 0 aliphatic carbocycles. The second-order valence-corrected chi connectivity index (χ2v) is 8.42. The summed E-state index contributed by atoms with van der Waals surface area (Å²) in [5, 5.41) is 27.4. The molecular formula is C12H19K2NO9S2. The molecule has 0 saturated heterocycles. The number of carbonyl (C=O) groups is 1. The zero-order valence-electron chi connectivity index (χ0n) is 15.2. The van der Waals surface area contributed by atoms with Crippen LogP contribution in [0, 0.1) is 0 Å². The molecule has 1 rings (SSSR count). The molecule has 0 heterocycles. The number of benzene rings is 1. The van der Waals surface area contributed by atoms with Gasteiger partial charge in [-0.05, 0) is 6.07 Å². The van der Waals surface area contributed by atoms with Gasteiger partial charge in [-0.3, -0.25) is 4.21 Å². The number of aliphatic hydroxyl groups is 1. The first-order chi connectivity index (χ1) is 10.7. The zero-order valence-corrected chi connectivity index (χ0v) is 23.1. The first-order valence-electron chi connectivity index (χ1n) is 6.18. The SMILES string of the molecule is C[N+](C)(C)CCO.O=C(O)c1ccccc1[O-].O=S([O-])S(=O)(=O)[O-].[K+].[K+]. The molecule has 0 radical (unpaired) electrons. The molecule has 0 aliphatic rings. The minimum absolute atomic E-state index is 0. The number of aliphatic hydroxyl groups excluding tert-OH is 1. The molecule has 0 aliphatic heterocycles. The van der Waals surface area contributed by atoms with Crippen molar-refractivity contribution in [2.45, 2.75) is 0 Å². The molecular weight excluding hydrogens is 444 g/mol. The number of hydrogen-bond acceptors (Lipinski definition) is 8. The number of rotatable bonds is 4. The minimum Gasteiger partial charge on any atom is -0.872 e. The van der Waals surface area contributed by atoms with Crippen LogP contribution >= 0.6 is 0 Å². The quantitative estimate of drug-likeness (QED) is 0.144. The molecule has 0 spiro atoms. The van der Waals surface area contributed by atoms with Crippen molar-refractivity contribution in [3.05, 3.63) is 29.8 Å². The van der Waals surface area contributed by atoms with Gasteiger partial charge in [-0.1, -0.05) is 23.9 Å². The number of carboxylic acids is 1. The van der Waals surface area contributed by atoms with Crippen molar-refractivity contribution in [1.82, 2.24) is 0 Å². The third-order valence-corrected chi connectivity index (χ3v) is 3.39. The predicted molar refractivity (Wildman–Crippen MR) is 81.4 cm³/mol. The van der Waals surface area contributed by atoms with E-state index in [4.69, 9.17) is 31.9 Å². The Kier molecular flexibility index (Phi) is 23.7. The molecule has 1 aromatic rings. The van der Waals surface area contributed by atoms with Gasteiger partial charge in [0.15, 0.2) is 9.15 Å². The molecule has 1 unspecified atom stereocenters. The molecule has 0 fully saturated rings. The monoisotopic (exact) mass is 463 g/mol. The van der Waals surface area contributed by atoms with Crippen LogP contribution in [0.3, 0.4) is 0 Å². The van der Waals surface area contributed by atoms with E-state index >= 15 is 0 Å². The molecule has 26 heavy (non-hydrogen) atoms. The van der Waals surface area contributed by atoms with Gasteiger partial charge >= 0.3 is 109 Å². The summed E-state index contributed by atoms with van der Waals surface area (Å²) in [6.07, 6.45) is 0. The first kappa shape index (κ1) is 35.2. The molecule has 0 saturated carbocycles. The number of nitrogens with zero attached hydrogens (tertiary/aromatic N) is 1. The van der Waals surface area contributed by atoms with E-state index in [0.29, 0.717) is 0 Å². The van der Waals surface area contributed by atoms with Crippen LogP contribution in [0.15, 0.2) is 24.3 Å². The number of quaternary nitrogens is 1. The first-order valence-corrected chi connectivity index (χ1v) is 9.18. The van der Waals surface area contributed by atoms with E-state index in [9.17, 15) is 9.90 Å². The van der Waals surface area contributed by atoms with Crippen molar-refractivity contribution in [3.63, 3.8) is 0 Å². The Morgan fingerprint density at radius 3 is 1.73 bits per heavy atom. The van der Waals surface area contributed by atoms with Crippen molar-refractivity contribution in [2.24, 2.45) is 0 Å². The molecule has 1 atom stereocenters. The van der Waals surface area contributed by atoms with Gasteiger partial charge in [0.1, 0.15) is 6.54 Å². The Hall–Kier alpha value is 1.70. The fraction of sp³-hybridized carbons (Fsp3) is 0.417. The number of para-hydroxylation sites is 1. The van der Waals surface area contributed by atoms with Crippen LogP contribution in [0.25, 0.3) is 0 Å². The van der Waals surface area contributed by atoms with Crippen molar-refractivity contribution < 1.29 is 149 Å². The smallest absolute Gasteiger partial charge is 0.872 e. The number of aromatic carboxylic acids is 1. The van der Waals surface area contributed by atoms with Crippen LogP contribution in [0.1, 0.15) is 10.4 Å². The molecule has 0 aromatic heterocycles. The summed E-state index contributed by atoms with van der Waals surface area (Å²) in [6, 6.07) is 5.54. The van der Waals surface area contributed by atoms with E-state index in [1.807, 2.05) is 0 Å². The predicted octanol–water partition coefficient (Wildman–Crippen LogP) is -7.52. The minimum atomic E-state index is -5.07. The molecule has 14 heteroatoms. The van der Waals surface area contributed by atoms with Crippen LogP contribution in [0.5, 0.6) is 5.75 Å². The third-order valence-electron chi connectivity index (χ3n) is 2.05. The maximum atomic E-state index is 10.7.